The molecule has 17 heavy (non-hydrogen) atoms. The zero-order chi connectivity index (χ0) is 11.9. The summed E-state index contributed by atoms with van der Waals surface area (Å²) in [6, 6.07) is 16.6. The molecule has 2 aromatic carbocycles. The fourth-order valence-corrected chi connectivity index (χ4v) is 2.69. The second kappa shape index (κ2) is 3.58. The first-order valence-electron chi connectivity index (χ1n) is 5.82. The number of rotatable bonds is 2. The summed E-state index contributed by atoms with van der Waals surface area (Å²) in [6.45, 7) is 0.0940. The Bertz CT molecular complexity index is 608. The third kappa shape index (κ3) is 1.36. The smallest absolute Gasteiger partial charge is 0.0883 e. The minimum Gasteiger partial charge on any atom is -0.396 e. The number of benzene rings is 2. The molecule has 1 fully saturated rings. The maximum absolute atomic E-state index is 9.41. The molecule has 84 valence electrons. The third-order valence-corrected chi connectivity index (χ3v) is 3.80. The zero-order valence-corrected chi connectivity index (χ0v) is 9.43. The molecule has 0 unspecified atom stereocenters. The van der Waals surface area contributed by atoms with Crippen molar-refractivity contribution in [3.8, 4) is 6.07 Å². The van der Waals surface area contributed by atoms with Crippen LogP contribution in [0, 0.1) is 17.2 Å². The molecule has 1 aliphatic carbocycles. The van der Waals surface area contributed by atoms with Crippen molar-refractivity contribution in [3.05, 3.63) is 48.0 Å². The summed E-state index contributed by atoms with van der Waals surface area (Å²) in [5.74, 6) is 0.0957. The molecule has 0 radical (unpaired) electrons. The van der Waals surface area contributed by atoms with E-state index in [0.717, 1.165) is 22.8 Å². The van der Waals surface area contributed by atoms with Crippen molar-refractivity contribution in [3.63, 3.8) is 0 Å². The maximum Gasteiger partial charge on any atom is 0.0883 e. The lowest BCUT2D eigenvalue weighted by molar-refractivity contribution is 0.269. The SMILES string of the molecule is N#C[C@@]1(c2cccc3ccccc23)C[C@H]1CO. The van der Waals surface area contributed by atoms with E-state index in [2.05, 4.69) is 24.3 Å². The van der Waals surface area contributed by atoms with Crippen LogP contribution in [-0.2, 0) is 5.41 Å². The van der Waals surface area contributed by atoms with E-state index >= 15 is 0 Å². The first kappa shape index (κ1) is 10.3. The molecule has 3 rings (SSSR count). The first-order valence-corrected chi connectivity index (χ1v) is 5.82. The lowest BCUT2D eigenvalue weighted by Gasteiger charge is -2.12. The predicted octanol–water partition coefficient (Wildman–Crippen LogP) is 2.61. The topological polar surface area (TPSA) is 44.0 Å². The summed E-state index contributed by atoms with van der Waals surface area (Å²) in [6.07, 6.45) is 0.772. The molecule has 0 aliphatic heterocycles. The van der Waals surface area contributed by atoms with Crippen molar-refractivity contribution in [1.82, 2.24) is 0 Å². The quantitative estimate of drug-likeness (QED) is 0.850. The Balaban J connectivity index is 2.22. The molecule has 0 amide bonds. The van der Waals surface area contributed by atoms with Crippen LogP contribution in [0.5, 0.6) is 0 Å². The van der Waals surface area contributed by atoms with Gasteiger partial charge in [0.25, 0.3) is 0 Å². The van der Waals surface area contributed by atoms with Crippen LogP contribution in [0.3, 0.4) is 0 Å². The van der Waals surface area contributed by atoms with Crippen LogP contribution in [0.15, 0.2) is 42.5 Å². The monoisotopic (exact) mass is 223 g/mol. The summed E-state index contributed by atoms with van der Waals surface area (Å²) >= 11 is 0. The summed E-state index contributed by atoms with van der Waals surface area (Å²) in [4.78, 5) is 0. The normalized spacial score (nSPS) is 26.7. The van der Waals surface area contributed by atoms with Crippen molar-refractivity contribution in [2.75, 3.05) is 6.61 Å². The molecule has 1 N–H and O–H groups in total. The predicted molar refractivity (Wildman–Crippen MR) is 66.4 cm³/mol. The molecular formula is C15H13NO. The number of nitrogens with zero attached hydrogens (tertiary/aromatic N) is 1. The third-order valence-electron chi connectivity index (χ3n) is 3.80. The van der Waals surface area contributed by atoms with Gasteiger partial charge in [0.1, 0.15) is 0 Å². The Morgan fingerprint density at radius 3 is 2.71 bits per heavy atom. The molecule has 1 aliphatic rings. The van der Waals surface area contributed by atoms with Gasteiger partial charge in [-0.15, -0.1) is 0 Å². The number of aliphatic hydroxyl groups is 1. The molecule has 0 spiro atoms. The highest BCUT2D eigenvalue weighted by Crippen LogP contribution is 2.55. The van der Waals surface area contributed by atoms with Crippen LogP contribution in [0.25, 0.3) is 10.8 Å². The van der Waals surface area contributed by atoms with E-state index < -0.39 is 5.41 Å². The van der Waals surface area contributed by atoms with Gasteiger partial charge in [0.15, 0.2) is 0 Å². The Morgan fingerprint density at radius 1 is 1.24 bits per heavy atom. The number of hydrogen-bond acceptors (Lipinski definition) is 2. The second-order valence-electron chi connectivity index (χ2n) is 4.69. The summed E-state index contributed by atoms with van der Waals surface area (Å²) in [7, 11) is 0. The molecule has 0 aromatic heterocycles. The Kier molecular flexibility index (Phi) is 2.17. The van der Waals surface area contributed by atoms with Crippen LogP contribution in [0.2, 0.25) is 0 Å². The minimum atomic E-state index is -0.463. The lowest BCUT2D eigenvalue weighted by atomic mass is 9.90. The fraction of sp³-hybridized carbons (Fsp3) is 0.267. The van der Waals surface area contributed by atoms with E-state index in [1.54, 1.807) is 0 Å². The van der Waals surface area contributed by atoms with Crippen LogP contribution >= 0.6 is 0 Å². The van der Waals surface area contributed by atoms with Crippen molar-refractivity contribution in [2.45, 2.75) is 11.8 Å². The highest BCUT2D eigenvalue weighted by molar-refractivity contribution is 5.87. The average molecular weight is 223 g/mol. The molecule has 2 heteroatoms. The zero-order valence-electron chi connectivity index (χ0n) is 9.43. The molecule has 0 saturated heterocycles. The standard InChI is InChI=1S/C15H13NO/c16-10-15(8-12(15)9-17)14-7-3-5-11-4-1-2-6-13(11)14/h1-7,12,17H,8-9H2/t12-,15-/m0/s1. The maximum atomic E-state index is 9.41. The summed E-state index contributed by atoms with van der Waals surface area (Å²) in [5.41, 5.74) is 0.604. The average Bonchev–Trinajstić information content (AvgIpc) is 3.13. The molecule has 0 heterocycles. The van der Waals surface area contributed by atoms with Gasteiger partial charge in [0, 0.05) is 12.5 Å². The van der Waals surface area contributed by atoms with Gasteiger partial charge in [0.2, 0.25) is 0 Å². The summed E-state index contributed by atoms with van der Waals surface area (Å²) in [5, 5.41) is 21.0. The molecule has 1 saturated carbocycles. The Labute approximate surface area is 100 Å². The van der Waals surface area contributed by atoms with Crippen molar-refractivity contribution in [1.29, 1.82) is 5.26 Å². The number of aliphatic hydroxyl groups excluding tert-OH is 1. The number of hydrogen-bond donors (Lipinski definition) is 1. The van der Waals surface area contributed by atoms with Gasteiger partial charge in [-0.05, 0) is 22.8 Å². The molecule has 2 nitrogen and oxygen atoms in total. The van der Waals surface area contributed by atoms with Gasteiger partial charge in [-0.25, -0.2) is 0 Å². The van der Waals surface area contributed by atoms with Gasteiger partial charge < -0.3 is 5.11 Å². The van der Waals surface area contributed by atoms with Crippen molar-refractivity contribution >= 4 is 10.8 Å². The van der Waals surface area contributed by atoms with E-state index in [-0.39, 0.29) is 12.5 Å². The largest absolute Gasteiger partial charge is 0.396 e. The number of nitriles is 1. The van der Waals surface area contributed by atoms with E-state index in [1.165, 1.54) is 0 Å². The highest BCUT2D eigenvalue weighted by Gasteiger charge is 2.56. The Morgan fingerprint density at radius 2 is 2.00 bits per heavy atom. The van der Waals surface area contributed by atoms with Crippen molar-refractivity contribution in [2.24, 2.45) is 5.92 Å². The second-order valence-corrected chi connectivity index (χ2v) is 4.69. The van der Waals surface area contributed by atoms with Gasteiger partial charge in [-0.1, -0.05) is 42.5 Å². The van der Waals surface area contributed by atoms with Gasteiger partial charge in [-0.2, -0.15) is 5.26 Å². The van der Waals surface area contributed by atoms with E-state index in [1.807, 2.05) is 24.3 Å². The van der Waals surface area contributed by atoms with Crippen LogP contribution < -0.4 is 0 Å². The van der Waals surface area contributed by atoms with E-state index in [0.29, 0.717) is 0 Å². The van der Waals surface area contributed by atoms with Gasteiger partial charge in [-0.3, -0.25) is 0 Å². The van der Waals surface area contributed by atoms with Gasteiger partial charge in [0.05, 0.1) is 11.5 Å². The van der Waals surface area contributed by atoms with E-state index in [9.17, 15) is 10.4 Å². The minimum absolute atomic E-state index is 0.0940. The summed E-state index contributed by atoms with van der Waals surface area (Å²) < 4.78 is 0. The van der Waals surface area contributed by atoms with Crippen LogP contribution in [0.1, 0.15) is 12.0 Å². The molecular weight excluding hydrogens is 210 g/mol. The van der Waals surface area contributed by atoms with Crippen LogP contribution in [0.4, 0.5) is 0 Å². The molecule has 2 atom stereocenters. The molecule has 2 aromatic rings. The lowest BCUT2D eigenvalue weighted by Crippen LogP contribution is -2.09. The number of fused-ring (bicyclic) bond motifs is 1. The van der Waals surface area contributed by atoms with E-state index in [4.69, 9.17) is 0 Å². The first-order chi connectivity index (χ1) is 8.31. The fourth-order valence-electron chi connectivity index (χ4n) is 2.69. The molecule has 0 bridgehead atoms. The highest BCUT2D eigenvalue weighted by atomic mass is 16.3. The van der Waals surface area contributed by atoms with Gasteiger partial charge >= 0.3 is 0 Å². The van der Waals surface area contributed by atoms with Crippen LogP contribution in [-0.4, -0.2) is 11.7 Å². The van der Waals surface area contributed by atoms with Crippen molar-refractivity contribution < 1.29 is 5.11 Å². The Hall–Kier alpha value is -1.85.